The monoisotopic (exact) mass is 462 g/mol. The van der Waals surface area contributed by atoms with Gasteiger partial charge in [-0.15, -0.1) is 0 Å². The van der Waals surface area contributed by atoms with Crippen LogP contribution in [0.2, 0.25) is 19.6 Å². The minimum atomic E-state index is -1.56. The van der Waals surface area contributed by atoms with E-state index < -0.39 is 14.3 Å². The smallest absolute Gasteiger partial charge is 0.303 e. The lowest BCUT2D eigenvalue weighted by atomic mass is 9.44. The zero-order chi connectivity index (χ0) is 23.5. The first-order chi connectivity index (χ1) is 14.8. The third-order valence-electron chi connectivity index (χ3n) is 10.5. The molecule has 4 rings (SSSR count). The topological polar surface area (TPSA) is 63.6 Å². The van der Waals surface area contributed by atoms with E-state index in [9.17, 15) is 9.59 Å². The highest BCUT2D eigenvalue weighted by atomic mass is 28.4. The Morgan fingerprint density at radius 2 is 1.75 bits per heavy atom. The summed E-state index contributed by atoms with van der Waals surface area (Å²) >= 11 is 0. The van der Waals surface area contributed by atoms with E-state index in [0.717, 1.165) is 32.1 Å². The molecule has 4 nitrogen and oxygen atoms in total. The highest BCUT2D eigenvalue weighted by Gasteiger charge is 2.63. The van der Waals surface area contributed by atoms with Crippen LogP contribution >= 0.6 is 0 Å². The van der Waals surface area contributed by atoms with Crippen molar-refractivity contribution in [3.05, 3.63) is 0 Å². The molecule has 0 saturated heterocycles. The summed E-state index contributed by atoms with van der Waals surface area (Å²) in [7, 11) is -1.56. The van der Waals surface area contributed by atoms with Crippen molar-refractivity contribution in [2.45, 2.75) is 111 Å². The fourth-order valence-corrected chi connectivity index (χ4v) is 10.2. The number of hydrogen-bond donors (Lipinski definition) is 1. The van der Waals surface area contributed by atoms with Crippen LogP contribution in [0.5, 0.6) is 0 Å². The SMILES string of the molecule is C[C@H](CCC(=O)O)[C@H]1CC[C@H]2[C@@H]3C(=O)C[C@@H]4CC(O[Si](C)(C)C)CC[C@]4(C)[C@H]3CC[C@]12C. The number of aliphatic carboxylic acids is 1. The molecule has 0 aromatic rings. The number of rotatable bonds is 6. The second-order valence-electron chi connectivity index (χ2n) is 13.4. The predicted octanol–water partition coefficient (Wildman–Crippen LogP) is 6.55. The first kappa shape index (κ1) is 24.4. The average molecular weight is 463 g/mol. The molecule has 4 aliphatic rings. The number of ketones is 1. The minimum absolute atomic E-state index is 0.204. The van der Waals surface area contributed by atoms with E-state index in [1.807, 2.05) is 0 Å². The lowest BCUT2D eigenvalue weighted by molar-refractivity contribution is -0.160. The molecule has 4 fully saturated rings. The number of carbonyl (C=O) groups is 2. The van der Waals surface area contributed by atoms with Gasteiger partial charge in [0.05, 0.1) is 0 Å². The second-order valence-corrected chi connectivity index (χ2v) is 17.8. The van der Waals surface area contributed by atoms with Crippen LogP contribution in [-0.2, 0) is 14.0 Å². The van der Waals surface area contributed by atoms with Crippen LogP contribution in [0.15, 0.2) is 0 Å². The zero-order valence-electron chi connectivity index (χ0n) is 21.3. The van der Waals surface area contributed by atoms with Crippen LogP contribution < -0.4 is 0 Å². The molecule has 1 N–H and O–H groups in total. The standard InChI is InChI=1S/C27H46O4Si/c1-17(7-10-24(29)30)20-8-9-21-25-22(12-14-27(20,21)3)26(2)13-11-19(31-32(4,5)6)15-18(26)16-23(25)28/h17-22,25H,7-16H2,1-6H3,(H,29,30)/t17-,18+,19?,20-,21+,22+,25+,26+,27-/m1/s1. The lowest BCUT2D eigenvalue weighted by Gasteiger charge is -2.60. The highest BCUT2D eigenvalue weighted by Crippen LogP contribution is 2.67. The first-order valence-electron chi connectivity index (χ1n) is 13.3. The maximum atomic E-state index is 13.7. The van der Waals surface area contributed by atoms with Crippen molar-refractivity contribution in [2.24, 2.45) is 46.3 Å². The number of carbonyl (C=O) groups excluding carboxylic acids is 1. The molecule has 4 saturated carbocycles. The summed E-state index contributed by atoms with van der Waals surface area (Å²) in [6.45, 7) is 14.0. The van der Waals surface area contributed by atoms with E-state index >= 15 is 0 Å². The Bertz CT molecular complexity index is 744. The molecule has 32 heavy (non-hydrogen) atoms. The van der Waals surface area contributed by atoms with Gasteiger partial charge < -0.3 is 9.53 Å². The van der Waals surface area contributed by atoms with E-state index in [-0.39, 0.29) is 23.2 Å². The van der Waals surface area contributed by atoms with Gasteiger partial charge in [-0.05, 0) is 111 Å². The Morgan fingerprint density at radius 3 is 2.41 bits per heavy atom. The molecule has 0 heterocycles. The summed E-state index contributed by atoms with van der Waals surface area (Å²) in [5.74, 6) is 2.60. The van der Waals surface area contributed by atoms with Gasteiger partial charge in [0.2, 0.25) is 0 Å². The van der Waals surface area contributed by atoms with Crippen LogP contribution in [0.1, 0.15) is 85.0 Å². The molecule has 0 amide bonds. The Morgan fingerprint density at radius 1 is 1.09 bits per heavy atom. The summed E-state index contributed by atoms with van der Waals surface area (Å²) in [5, 5.41) is 9.16. The van der Waals surface area contributed by atoms with Crippen LogP contribution in [0.25, 0.3) is 0 Å². The van der Waals surface area contributed by atoms with E-state index in [1.165, 1.54) is 25.7 Å². The molecular weight excluding hydrogens is 416 g/mol. The quantitative estimate of drug-likeness (QED) is 0.455. The minimum Gasteiger partial charge on any atom is -0.481 e. The molecule has 0 spiro atoms. The Kier molecular flexibility index (Phi) is 6.50. The van der Waals surface area contributed by atoms with Gasteiger partial charge in [-0.2, -0.15) is 0 Å². The number of hydrogen-bond acceptors (Lipinski definition) is 3. The van der Waals surface area contributed by atoms with Gasteiger partial charge in [0.15, 0.2) is 8.32 Å². The summed E-state index contributed by atoms with van der Waals surface area (Å²) in [4.78, 5) is 24.8. The molecule has 0 aliphatic heterocycles. The number of carboxylic acids is 1. The molecular formula is C27H46O4Si. The summed E-state index contributed by atoms with van der Waals surface area (Å²) in [5.41, 5.74) is 0.488. The van der Waals surface area contributed by atoms with Crippen LogP contribution in [0, 0.1) is 46.3 Å². The molecule has 0 bridgehead atoms. The van der Waals surface area contributed by atoms with Crippen molar-refractivity contribution in [3.63, 3.8) is 0 Å². The van der Waals surface area contributed by atoms with E-state index in [1.54, 1.807) is 0 Å². The summed E-state index contributed by atoms with van der Waals surface area (Å²) in [6.07, 6.45) is 10.3. The van der Waals surface area contributed by atoms with Gasteiger partial charge >= 0.3 is 5.97 Å². The highest BCUT2D eigenvalue weighted by molar-refractivity contribution is 6.69. The average Bonchev–Trinajstić information content (AvgIpc) is 3.03. The first-order valence-corrected chi connectivity index (χ1v) is 16.7. The predicted molar refractivity (Wildman–Crippen MR) is 130 cm³/mol. The number of carboxylic acid groups (broad SMARTS) is 1. The van der Waals surface area contributed by atoms with Crippen LogP contribution in [-0.4, -0.2) is 31.3 Å². The fourth-order valence-electron chi connectivity index (χ4n) is 9.03. The third-order valence-corrected chi connectivity index (χ3v) is 11.6. The van der Waals surface area contributed by atoms with Gasteiger partial charge in [0.1, 0.15) is 5.78 Å². The summed E-state index contributed by atoms with van der Waals surface area (Å²) in [6, 6.07) is 0. The second kappa shape index (κ2) is 8.52. The fraction of sp³-hybridized carbons (Fsp3) is 0.926. The number of Topliss-reactive ketones (excluding diaryl/α,β-unsaturated/α-hetero) is 1. The molecule has 5 heteroatoms. The van der Waals surface area contributed by atoms with Gasteiger partial charge in [-0.3, -0.25) is 9.59 Å². The molecule has 0 aromatic carbocycles. The van der Waals surface area contributed by atoms with E-state index in [4.69, 9.17) is 9.53 Å². The van der Waals surface area contributed by atoms with Crippen LogP contribution in [0.4, 0.5) is 0 Å². The lowest BCUT2D eigenvalue weighted by Crippen LogP contribution is -2.57. The Balaban J connectivity index is 1.51. The molecule has 9 atom stereocenters. The largest absolute Gasteiger partial charge is 0.481 e. The van der Waals surface area contributed by atoms with E-state index in [0.29, 0.717) is 41.5 Å². The Labute approximate surface area is 196 Å². The molecule has 0 radical (unpaired) electrons. The van der Waals surface area contributed by atoms with Crippen LogP contribution in [0.3, 0.4) is 0 Å². The number of fused-ring (bicyclic) bond motifs is 5. The van der Waals surface area contributed by atoms with Crippen molar-refractivity contribution in [3.8, 4) is 0 Å². The molecule has 182 valence electrons. The van der Waals surface area contributed by atoms with Gasteiger partial charge in [-0.1, -0.05) is 20.8 Å². The van der Waals surface area contributed by atoms with Gasteiger partial charge in [-0.25, -0.2) is 0 Å². The maximum Gasteiger partial charge on any atom is 0.303 e. The van der Waals surface area contributed by atoms with Crippen molar-refractivity contribution >= 4 is 20.1 Å². The van der Waals surface area contributed by atoms with Gasteiger partial charge in [0.25, 0.3) is 0 Å². The maximum absolute atomic E-state index is 13.7. The molecule has 0 aromatic heterocycles. The van der Waals surface area contributed by atoms with Crippen molar-refractivity contribution in [2.75, 3.05) is 0 Å². The normalized spacial score (nSPS) is 45.0. The van der Waals surface area contributed by atoms with Crippen molar-refractivity contribution in [1.29, 1.82) is 0 Å². The van der Waals surface area contributed by atoms with Crippen molar-refractivity contribution in [1.82, 2.24) is 0 Å². The molecule has 1 unspecified atom stereocenters. The zero-order valence-corrected chi connectivity index (χ0v) is 22.3. The van der Waals surface area contributed by atoms with E-state index in [2.05, 4.69) is 40.4 Å². The Hall–Kier alpha value is -0.683. The van der Waals surface area contributed by atoms with Gasteiger partial charge in [0, 0.05) is 24.9 Å². The summed E-state index contributed by atoms with van der Waals surface area (Å²) < 4.78 is 6.50. The molecule has 4 aliphatic carbocycles. The third kappa shape index (κ3) is 4.26. The van der Waals surface area contributed by atoms with Crippen molar-refractivity contribution < 1.29 is 19.1 Å².